The molecule has 1 aromatic rings. The van der Waals surface area contributed by atoms with Crippen LogP contribution in [0.1, 0.15) is 25.3 Å². The van der Waals surface area contributed by atoms with Crippen LogP contribution in [-0.4, -0.2) is 42.9 Å². The number of ether oxygens (including phenoxy) is 1. The second-order valence-corrected chi connectivity index (χ2v) is 5.42. The fraction of sp³-hybridized carbons (Fsp3) is 0.562. The van der Waals surface area contributed by atoms with E-state index in [9.17, 15) is 5.11 Å². The van der Waals surface area contributed by atoms with Gasteiger partial charge in [-0.15, -0.1) is 0 Å². The number of benzene rings is 1. The molecular formula is C16H25N3O2. The summed E-state index contributed by atoms with van der Waals surface area (Å²) in [5.74, 6) is 1.55. The monoisotopic (exact) mass is 291 g/mol. The zero-order valence-corrected chi connectivity index (χ0v) is 12.8. The summed E-state index contributed by atoms with van der Waals surface area (Å²) in [4.78, 5) is 4.39. The van der Waals surface area contributed by atoms with Crippen LogP contribution in [0.5, 0.6) is 5.75 Å². The van der Waals surface area contributed by atoms with Gasteiger partial charge in [0.1, 0.15) is 18.5 Å². The normalized spacial score (nSPS) is 16.4. The van der Waals surface area contributed by atoms with Gasteiger partial charge in [-0.3, -0.25) is 4.99 Å². The highest BCUT2D eigenvalue weighted by molar-refractivity contribution is 5.80. The third kappa shape index (κ3) is 6.04. The van der Waals surface area contributed by atoms with Gasteiger partial charge >= 0.3 is 0 Å². The Labute approximate surface area is 126 Å². The second kappa shape index (κ2) is 7.88. The summed E-state index contributed by atoms with van der Waals surface area (Å²) in [6, 6.07) is 8.34. The predicted molar refractivity (Wildman–Crippen MR) is 84.8 cm³/mol. The van der Waals surface area contributed by atoms with Crippen molar-refractivity contribution in [3.05, 3.63) is 29.8 Å². The van der Waals surface area contributed by atoms with Crippen molar-refractivity contribution in [1.29, 1.82) is 0 Å². The summed E-state index contributed by atoms with van der Waals surface area (Å²) < 4.78 is 5.57. The molecule has 0 heterocycles. The minimum absolute atomic E-state index is 0.246. The molecule has 0 aromatic heterocycles. The van der Waals surface area contributed by atoms with E-state index < -0.39 is 6.10 Å². The Morgan fingerprint density at radius 2 is 2.29 bits per heavy atom. The molecule has 5 nitrogen and oxygen atoms in total. The Morgan fingerprint density at radius 3 is 2.95 bits per heavy atom. The van der Waals surface area contributed by atoms with E-state index in [2.05, 4.69) is 15.6 Å². The highest BCUT2D eigenvalue weighted by Crippen LogP contribution is 2.18. The quantitative estimate of drug-likeness (QED) is 0.525. The SMILES string of the molecule is CCNC(=NCC(O)COc1cccc(C)c1)NC1CC1. The molecule has 1 aliphatic carbocycles. The third-order valence-corrected chi connectivity index (χ3v) is 3.15. The van der Waals surface area contributed by atoms with Gasteiger partial charge in [-0.25, -0.2) is 0 Å². The molecule has 5 heteroatoms. The van der Waals surface area contributed by atoms with E-state index in [0.717, 1.165) is 23.8 Å². The van der Waals surface area contributed by atoms with Crippen LogP contribution in [0, 0.1) is 6.92 Å². The smallest absolute Gasteiger partial charge is 0.191 e. The Hall–Kier alpha value is -1.75. The summed E-state index contributed by atoms with van der Waals surface area (Å²) in [5, 5.41) is 16.5. The number of aliphatic imine (C=N–C) groups is 1. The summed E-state index contributed by atoms with van der Waals surface area (Å²) in [7, 11) is 0. The molecular weight excluding hydrogens is 266 g/mol. The Kier molecular flexibility index (Phi) is 5.87. The lowest BCUT2D eigenvalue weighted by molar-refractivity contribution is 0.114. The van der Waals surface area contributed by atoms with Crippen molar-refractivity contribution in [1.82, 2.24) is 10.6 Å². The Morgan fingerprint density at radius 1 is 1.48 bits per heavy atom. The molecule has 1 saturated carbocycles. The van der Waals surface area contributed by atoms with Crippen molar-refractivity contribution in [3.8, 4) is 5.75 Å². The molecule has 0 bridgehead atoms. The Balaban J connectivity index is 1.75. The first-order valence-electron chi connectivity index (χ1n) is 7.59. The number of guanidine groups is 1. The average molecular weight is 291 g/mol. The van der Waals surface area contributed by atoms with Gasteiger partial charge in [0.05, 0.1) is 6.54 Å². The minimum atomic E-state index is -0.611. The topological polar surface area (TPSA) is 65.9 Å². The summed E-state index contributed by atoms with van der Waals surface area (Å²) in [5.41, 5.74) is 1.14. The molecule has 1 atom stereocenters. The van der Waals surface area contributed by atoms with Gasteiger partial charge in [-0.1, -0.05) is 12.1 Å². The lowest BCUT2D eigenvalue weighted by atomic mass is 10.2. The van der Waals surface area contributed by atoms with E-state index in [0.29, 0.717) is 12.6 Å². The van der Waals surface area contributed by atoms with E-state index in [1.54, 1.807) is 0 Å². The van der Waals surface area contributed by atoms with Crippen molar-refractivity contribution in [2.45, 2.75) is 38.8 Å². The molecule has 0 aliphatic heterocycles. The van der Waals surface area contributed by atoms with Crippen molar-refractivity contribution in [3.63, 3.8) is 0 Å². The van der Waals surface area contributed by atoms with E-state index >= 15 is 0 Å². The summed E-state index contributed by atoms with van der Waals surface area (Å²) >= 11 is 0. The van der Waals surface area contributed by atoms with Crippen LogP contribution in [0.2, 0.25) is 0 Å². The molecule has 0 amide bonds. The van der Waals surface area contributed by atoms with Gasteiger partial charge in [-0.05, 0) is 44.4 Å². The minimum Gasteiger partial charge on any atom is -0.491 e. The van der Waals surface area contributed by atoms with Crippen molar-refractivity contribution in [2.24, 2.45) is 4.99 Å². The van der Waals surface area contributed by atoms with Crippen molar-refractivity contribution in [2.75, 3.05) is 19.7 Å². The van der Waals surface area contributed by atoms with Gasteiger partial charge in [0.25, 0.3) is 0 Å². The van der Waals surface area contributed by atoms with E-state index in [4.69, 9.17) is 4.74 Å². The fourth-order valence-corrected chi connectivity index (χ4v) is 1.89. The first-order chi connectivity index (χ1) is 10.2. The number of aliphatic hydroxyl groups is 1. The number of hydrogen-bond donors (Lipinski definition) is 3. The molecule has 0 radical (unpaired) electrons. The highest BCUT2D eigenvalue weighted by Gasteiger charge is 2.22. The molecule has 2 rings (SSSR count). The first kappa shape index (κ1) is 15.6. The zero-order valence-electron chi connectivity index (χ0n) is 12.8. The number of aliphatic hydroxyl groups excluding tert-OH is 1. The number of hydrogen-bond acceptors (Lipinski definition) is 3. The molecule has 116 valence electrons. The van der Waals surface area contributed by atoms with E-state index in [1.165, 1.54) is 12.8 Å². The van der Waals surface area contributed by atoms with Gasteiger partial charge < -0.3 is 20.5 Å². The van der Waals surface area contributed by atoms with Crippen molar-refractivity contribution >= 4 is 5.96 Å². The zero-order chi connectivity index (χ0) is 15.1. The van der Waals surface area contributed by atoms with Crippen molar-refractivity contribution < 1.29 is 9.84 Å². The van der Waals surface area contributed by atoms with Gasteiger partial charge in [0.15, 0.2) is 5.96 Å². The number of rotatable bonds is 7. The molecule has 1 aliphatic rings. The standard InChI is InChI=1S/C16H25N3O2/c1-3-17-16(19-13-7-8-13)18-10-14(20)11-21-15-6-4-5-12(2)9-15/h4-6,9,13-14,20H,3,7-8,10-11H2,1-2H3,(H2,17,18,19). The largest absolute Gasteiger partial charge is 0.491 e. The van der Waals surface area contributed by atoms with Gasteiger partial charge in [0.2, 0.25) is 0 Å². The molecule has 3 N–H and O–H groups in total. The lowest BCUT2D eigenvalue weighted by Gasteiger charge is -2.13. The van der Waals surface area contributed by atoms with Crippen LogP contribution in [0.3, 0.4) is 0 Å². The van der Waals surface area contributed by atoms with Crippen LogP contribution in [0.4, 0.5) is 0 Å². The maximum Gasteiger partial charge on any atom is 0.191 e. The van der Waals surface area contributed by atoms with Crippen LogP contribution in [0.25, 0.3) is 0 Å². The predicted octanol–water partition coefficient (Wildman–Crippen LogP) is 1.45. The maximum atomic E-state index is 9.96. The molecule has 21 heavy (non-hydrogen) atoms. The first-order valence-corrected chi connectivity index (χ1v) is 7.59. The van der Waals surface area contributed by atoms with E-state index in [1.807, 2.05) is 38.1 Å². The molecule has 0 spiro atoms. The molecule has 1 fully saturated rings. The average Bonchev–Trinajstić information content (AvgIpc) is 3.27. The second-order valence-electron chi connectivity index (χ2n) is 5.42. The van der Waals surface area contributed by atoms with Crippen LogP contribution < -0.4 is 15.4 Å². The molecule has 1 aromatic carbocycles. The lowest BCUT2D eigenvalue weighted by Crippen LogP contribution is -2.39. The molecule has 1 unspecified atom stereocenters. The van der Waals surface area contributed by atoms with Crippen LogP contribution in [-0.2, 0) is 0 Å². The summed E-state index contributed by atoms with van der Waals surface area (Å²) in [6.07, 6.45) is 1.78. The maximum absolute atomic E-state index is 9.96. The van der Waals surface area contributed by atoms with E-state index in [-0.39, 0.29) is 6.61 Å². The highest BCUT2D eigenvalue weighted by atomic mass is 16.5. The third-order valence-electron chi connectivity index (χ3n) is 3.15. The molecule has 0 saturated heterocycles. The van der Waals surface area contributed by atoms with Gasteiger partial charge in [-0.2, -0.15) is 0 Å². The van der Waals surface area contributed by atoms with Crippen LogP contribution >= 0.6 is 0 Å². The number of nitrogens with one attached hydrogen (secondary N) is 2. The van der Waals surface area contributed by atoms with Crippen LogP contribution in [0.15, 0.2) is 29.3 Å². The fourth-order valence-electron chi connectivity index (χ4n) is 1.89. The number of nitrogens with zero attached hydrogens (tertiary/aromatic N) is 1. The van der Waals surface area contributed by atoms with Gasteiger partial charge in [0, 0.05) is 12.6 Å². The Bertz CT molecular complexity index is 472. The number of aryl methyl sites for hydroxylation is 1. The summed E-state index contributed by atoms with van der Waals surface area (Å²) in [6.45, 7) is 5.43.